The third-order valence-corrected chi connectivity index (χ3v) is 4.59. The van der Waals surface area contributed by atoms with Crippen LogP contribution in [-0.4, -0.2) is 11.1 Å². The molecule has 1 amide bonds. The van der Waals surface area contributed by atoms with E-state index < -0.39 is 23.8 Å². The first-order valence-corrected chi connectivity index (χ1v) is 8.46. The Hall–Kier alpha value is -3.29. The van der Waals surface area contributed by atoms with Gasteiger partial charge in [0, 0.05) is 11.1 Å². The monoisotopic (exact) mass is 388 g/mol. The third kappa shape index (κ3) is 3.00. The number of rotatable bonds is 2. The summed E-state index contributed by atoms with van der Waals surface area (Å²) in [7, 11) is 0. The Balaban J connectivity index is 1.76. The predicted molar refractivity (Wildman–Crippen MR) is 94.9 cm³/mol. The zero-order valence-electron chi connectivity index (χ0n) is 14.9. The SMILES string of the molecule is Cc1noc(C)c1-c1ccc2c(c1)OC(c1ccccc1C(F)(F)F)C(=O)N2. The molecule has 0 spiro atoms. The molecule has 8 heteroatoms. The van der Waals surface area contributed by atoms with Crippen molar-refractivity contribution in [1.29, 1.82) is 0 Å². The van der Waals surface area contributed by atoms with Gasteiger partial charge < -0.3 is 14.6 Å². The smallest absolute Gasteiger partial charge is 0.416 e. The summed E-state index contributed by atoms with van der Waals surface area (Å²) in [5.41, 5.74) is 1.43. The molecule has 0 saturated carbocycles. The van der Waals surface area contributed by atoms with E-state index in [1.165, 1.54) is 18.2 Å². The number of carbonyl (C=O) groups excluding carboxylic acids is 1. The van der Waals surface area contributed by atoms with Gasteiger partial charge in [0.15, 0.2) is 0 Å². The lowest BCUT2D eigenvalue weighted by Crippen LogP contribution is -2.31. The Morgan fingerprint density at radius 3 is 2.54 bits per heavy atom. The first-order chi connectivity index (χ1) is 13.3. The second-order valence-corrected chi connectivity index (χ2v) is 6.48. The molecule has 28 heavy (non-hydrogen) atoms. The molecule has 1 aliphatic rings. The van der Waals surface area contributed by atoms with Crippen LogP contribution in [0.15, 0.2) is 47.0 Å². The Bertz CT molecular complexity index is 1050. The first-order valence-electron chi connectivity index (χ1n) is 8.46. The Morgan fingerprint density at radius 2 is 1.86 bits per heavy atom. The summed E-state index contributed by atoms with van der Waals surface area (Å²) in [6.07, 6.45) is -6.01. The van der Waals surface area contributed by atoms with Gasteiger partial charge in [-0.15, -0.1) is 0 Å². The second kappa shape index (κ2) is 6.40. The highest BCUT2D eigenvalue weighted by Crippen LogP contribution is 2.42. The molecule has 2 aromatic carbocycles. The molecular weight excluding hydrogens is 373 g/mol. The van der Waals surface area contributed by atoms with Gasteiger partial charge in [0.05, 0.1) is 16.9 Å². The number of nitrogens with one attached hydrogen (secondary N) is 1. The van der Waals surface area contributed by atoms with Crippen LogP contribution in [0.4, 0.5) is 18.9 Å². The van der Waals surface area contributed by atoms with Gasteiger partial charge in [-0.3, -0.25) is 4.79 Å². The zero-order valence-corrected chi connectivity index (χ0v) is 14.9. The number of amides is 1. The van der Waals surface area contributed by atoms with Gasteiger partial charge in [-0.2, -0.15) is 13.2 Å². The van der Waals surface area contributed by atoms with Gasteiger partial charge >= 0.3 is 6.18 Å². The van der Waals surface area contributed by atoms with Gasteiger partial charge in [0.1, 0.15) is 11.5 Å². The van der Waals surface area contributed by atoms with Crippen LogP contribution >= 0.6 is 0 Å². The van der Waals surface area contributed by atoms with E-state index in [2.05, 4.69) is 10.5 Å². The van der Waals surface area contributed by atoms with Crippen molar-refractivity contribution in [3.05, 3.63) is 65.0 Å². The molecule has 0 radical (unpaired) electrons. The number of nitrogens with zero attached hydrogens (tertiary/aromatic N) is 1. The van der Waals surface area contributed by atoms with Gasteiger partial charge in [0.2, 0.25) is 6.10 Å². The molecule has 1 aromatic heterocycles. The fourth-order valence-corrected chi connectivity index (χ4v) is 3.34. The quantitative estimate of drug-likeness (QED) is 0.667. The lowest BCUT2D eigenvalue weighted by atomic mass is 9.99. The van der Waals surface area contributed by atoms with E-state index in [-0.39, 0.29) is 11.3 Å². The summed E-state index contributed by atoms with van der Waals surface area (Å²) >= 11 is 0. The van der Waals surface area contributed by atoms with Crippen molar-refractivity contribution in [3.8, 4) is 16.9 Å². The highest BCUT2D eigenvalue weighted by Gasteiger charge is 2.39. The molecule has 0 saturated heterocycles. The number of halogens is 3. The van der Waals surface area contributed by atoms with Gasteiger partial charge in [-0.1, -0.05) is 29.4 Å². The van der Waals surface area contributed by atoms with Crippen molar-refractivity contribution >= 4 is 11.6 Å². The van der Waals surface area contributed by atoms with Crippen LogP contribution in [0.3, 0.4) is 0 Å². The molecule has 4 rings (SSSR count). The maximum absolute atomic E-state index is 13.4. The van der Waals surface area contributed by atoms with E-state index in [9.17, 15) is 18.0 Å². The summed E-state index contributed by atoms with van der Waals surface area (Å²) in [6, 6.07) is 9.95. The summed E-state index contributed by atoms with van der Waals surface area (Å²) in [5.74, 6) is 0.227. The van der Waals surface area contributed by atoms with Crippen LogP contribution < -0.4 is 10.1 Å². The van der Waals surface area contributed by atoms with E-state index in [0.29, 0.717) is 17.1 Å². The van der Waals surface area contributed by atoms with E-state index >= 15 is 0 Å². The number of hydrogen-bond acceptors (Lipinski definition) is 4. The Labute approximate surface area is 158 Å². The van der Waals surface area contributed by atoms with E-state index in [4.69, 9.17) is 9.26 Å². The zero-order chi connectivity index (χ0) is 20.1. The standard InChI is InChI=1S/C20H15F3N2O3/c1-10-17(11(2)28-25-10)12-7-8-15-16(9-12)27-18(19(26)24-15)13-5-3-4-6-14(13)20(21,22)23/h3-9,18H,1-2H3,(H,24,26). The van der Waals surface area contributed by atoms with Crippen molar-refractivity contribution in [1.82, 2.24) is 5.16 Å². The van der Waals surface area contributed by atoms with Gasteiger partial charge in [-0.05, 0) is 37.6 Å². The second-order valence-electron chi connectivity index (χ2n) is 6.48. The van der Waals surface area contributed by atoms with Gasteiger partial charge in [0.25, 0.3) is 5.91 Å². The number of aromatic nitrogens is 1. The lowest BCUT2D eigenvalue weighted by molar-refractivity contribution is -0.139. The number of benzene rings is 2. The fourth-order valence-electron chi connectivity index (χ4n) is 3.34. The highest BCUT2D eigenvalue weighted by atomic mass is 19.4. The lowest BCUT2D eigenvalue weighted by Gasteiger charge is -2.28. The minimum absolute atomic E-state index is 0.235. The van der Waals surface area contributed by atoms with Crippen molar-refractivity contribution in [2.45, 2.75) is 26.1 Å². The molecule has 3 aromatic rings. The molecular formula is C20H15F3N2O3. The number of carbonyl (C=O) groups is 1. The number of ether oxygens (including phenoxy) is 1. The van der Waals surface area contributed by atoms with E-state index in [1.54, 1.807) is 32.0 Å². The summed E-state index contributed by atoms with van der Waals surface area (Å²) in [5, 5.41) is 6.53. The van der Waals surface area contributed by atoms with Crippen LogP contribution in [0.25, 0.3) is 11.1 Å². The molecule has 1 aliphatic heterocycles. The topological polar surface area (TPSA) is 64.4 Å². The minimum Gasteiger partial charge on any atom is -0.474 e. The Kier molecular flexibility index (Phi) is 4.14. The summed E-state index contributed by atoms with van der Waals surface area (Å²) in [4.78, 5) is 12.4. The largest absolute Gasteiger partial charge is 0.474 e. The summed E-state index contributed by atoms with van der Waals surface area (Å²) < 4.78 is 51.0. The maximum Gasteiger partial charge on any atom is 0.416 e. The molecule has 144 valence electrons. The number of hydrogen-bond donors (Lipinski definition) is 1. The van der Waals surface area contributed by atoms with Crippen LogP contribution in [0.5, 0.6) is 5.75 Å². The number of aryl methyl sites for hydroxylation is 2. The van der Waals surface area contributed by atoms with Gasteiger partial charge in [-0.25, -0.2) is 0 Å². The van der Waals surface area contributed by atoms with Crippen LogP contribution in [0.1, 0.15) is 28.7 Å². The molecule has 1 N–H and O–H groups in total. The number of alkyl halides is 3. The summed E-state index contributed by atoms with van der Waals surface area (Å²) in [6.45, 7) is 3.55. The predicted octanol–water partition coefficient (Wildman–Crippen LogP) is 5.05. The highest BCUT2D eigenvalue weighted by molar-refractivity contribution is 5.99. The van der Waals surface area contributed by atoms with E-state index in [0.717, 1.165) is 17.2 Å². The van der Waals surface area contributed by atoms with Crippen molar-refractivity contribution in [2.24, 2.45) is 0 Å². The molecule has 1 atom stereocenters. The van der Waals surface area contributed by atoms with Crippen molar-refractivity contribution < 1.29 is 27.2 Å². The normalized spacial score (nSPS) is 16.3. The molecule has 2 heterocycles. The Morgan fingerprint density at radius 1 is 1.11 bits per heavy atom. The van der Waals surface area contributed by atoms with Crippen LogP contribution in [0, 0.1) is 13.8 Å². The van der Waals surface area contributed by atoms with Crippen molar-refractivity contribution in [2.75, 3.05) is 5.32 Å². The van der Waals surface area contributed by atoms with E-state index in [1.807, 2.05) is 0 Å². The maximum atomic E-state index is 13.4. The molecule has 0 aliphatic carbocycles. The average Bonchev–Trinajstić information content (AvgIpc) is 2.98. The third-order valence-electron chi connectivity index (χ3n) is 4.59. The molecule has 5 nitrogen and oxygen atoms in total. The molecule has 0 fully saturated rings. The first kappa shape index (κ1) is 18.1. The fraction of sp³-hybridized carbons (Fsp3) is 0.200. The molecule has 0 bridgehead atoms. The average molecular weight is 388 g/mol. The van der Waals surface area contributed by atoms with Crippen LogP contribution in [-0.2, 0) is 11.0 Å². The van der Waals surface area contributed by atoms with Crippen LogP contribution in [0.2, 0.25) is 0 Å². The minimum atomic E-state index is -4.60. The number of anilines is 1. The number of fused-ring (bicyclic) bond motifs is 1. The van der Waals surface area contributed by atoms with Crippen molar-refractivity contribution in [3.63, 3.8) is 0 Å². The molecule has 1 unspecified atom stereocenters.